The van der Waals surface area contributed by atoms with Crippen LogP contribution in [-0.4, -0.2) is 70.3 Å². The third kappa shape index (κ3) is 4.69. The van der Waals surface area contributed by atoms with Gasteiger partial charge in [-0.1, -0.05) is 0 Å². The number of carbonyl (C=O) groups excluding carboxylic acids is 1. The fourth-order valence-corrected chi connectivity index (χ4v) is 2.86. The molecule has 8 heteroatoms. The summed E-state index contributed by atoms with van der Waals surface area (Å²) >= 11 is 1.79. The number of thioether (sulfide) groups is 1. The zero-order valence-electron chi connectivity index (χ0n) is 13.5. The number of aromatic nitrogens is 3. The molecule has 0 aromatic carbocycles. The fourth-order valence-electron chi connectivity index (χ4n) is 2.42. The van der Waals surface area contributed by atoms with E-state index >= 15 is 0 Å². The van der Waals surface area contributed by atoms with Gasteiger partial charge in [-0.2, -0.15) is 16.9 Å². The van der Waals surface area contributed by atoms with E-state index in [0.29, 0.717) is 19.0 Å². The van der Waals surface area contributed by atoms with Gasteiger partial charge in [0.05, 0.1) is 12.6 Å². The van der Waals surface area contributed by atoms with Crippen molar-refractivity contribution >= 4 is 17.7 Å². The summed E-state index contributed by atoms with van der Waals surface area (Å²) in [6.45, 7) is 6.51. The molecule has 1 aliphatic heterocycles. The van der Waals surface area contributed by atoms with E-state index in [-0.39, 0.29) is 18.1 Å². The zero-order chi connectivity index (χ0) is 15.9. The number of ether oxygens (including phenoxy) is 1. The first-order chi connectivity index (χ1) is 10.6. The number of amides is 1. The number of nitrogens with one attached hydrogen (secondary N) is 2. The van der Waals surface area contributed by atoms with Crippen molar-refractivity contribution in [3.63, 3.8) is 0 Å². The predicted molar refractivity (Wildman–Crippen MR) is 86.9 cm³/mol. The van der Waals surface area contributed by atoms with Gasteiger partial charge in [-0.15, -0.1) is 0 Å². The average Bonchev–Trinajstić information content (AvgIpc) is 2.97. The summed E-state index contributed by atoms with van der Waals surface area (Å²) in [6, 6.07) is -0.166. The van der Waals surface area contributed by atoms with E-state index in [1.807, 2.05) is 13.8 Å². The fraction of sp³-hybridized carbons (Fsp3) is 0.786. The van der Waals surface area contributed by atoms with Crippen molar-refractivity contribution < 1.29 is 9.53 Å². The Hall–Kier alpha value is -1.12. The normalized spacial score (nSPS) is 20.8. The molecule has 124 valence electrons. The molecular weight excluding hydrogens is 302 g/mol. The first kappa shape index (κ1) is 17.2. The minimum Gasteiger partial charge on any atom is -0.367 e. The van der Waals surface area contributed by atoms with E-state index in [1.54, 1.807) is 11.8 Å². The second-order valence-electron chi connectivity index (χ2n) is 5.45. The van der Waals surface area contributed by atoms with Gasteiger partial charge in [0.25, 0.3) is 0 Å². The van der Waals surface area contributed by atoms with Crippen LogP contribution in [0.15, 0.2) is 0 Å². The van der Waals surface area contributed by atoms with E-state index < -0.39 is 0 Å². The van der Waals surface area contributed by atoms with Crippen molar-refractivity contribution in [2.24, 2.45) is 0 Å². The summed E-state index contributed by atoms with van der Waals surface area (Å²) in [5.74, 6) is 2.58. The van der Waals surface area contributed by atoms with Gasteiger partial charge < -0.3 is 10.1 Å². The van der Waals surface area contributed by atoms with Gasteiger partial charge >= 0.3 is 0 Å². The highest BCUT2D eigenvalue weighted by molar-refractivity contribution is 7.98. The van der Waals surface area contributed by atoms with Crippen molar-refractivity contribution in [1.29, 1.82) is 0 Å². The van der Waals surface area contributed by atoms with Gasteiger partial charge in [0.2, 0.25) is 5.91 Å². The number of hydrogen-bond acceptors (Lipinski definition) is 6. The maximum absolute atomic E-state index is 12.2. The molecule has 1 amide bonds. The molecule has 0 unspecified atom stereocenters. The lowest BCUT2D eigenvalue weighted by Gasteiger charge is -2.35. The van der Waals surface area contributed by atoms with Crippen molar-refractivity contribution in [1.82, 2.24) is 25.4 Å². The molecule has 1 fully saturated rings. The maximum Gasteiger partial charge on any atom is 0.237 e. The number of H-pyrrole nitrogens is 1. The highest BCUT2D eigenvalue weighted by Crippen LogP contribution is 2.20. The minimum absolute atomic E-state index is 0.0768. The molecule has 22 heavy (non-hydrogen) atoms. The van der Waals surface area contributed by atoms with E-state index in [0.717, 1.165) is 31.1 Å². The molecule has 1 saturated heterocycles. The Morgan fingerprint density at radius 3 is 3.14 bits per heavy atom. The van der Waals surface area contributed by atoms with Crippen LogP contribution in [0.2, 0.25) is 0 Å². The molecule has 1 aromatic heterocycles. The Balaban J connectivity index is 1.84. The van der Waals surface area contributed by atoms with Crippen LogP contribution < -0.4 is 5.32 Å². The summed E-state index contributed by atoms with van der Waals surface area (Å²) in [5.41, 5.74) is 0. The lowest BCUT2D eigenvalue weighted by molar-refractivity contribution is -0.129. The van der Waals surface area contributed by atoms with E-state index in [9.17, 15) is 4.79 Å². The first-order valence-corrected chi connectivity index (χ1v) is 9.02. The zero-order valence-corrected chi connectivity index (χ0v) is 14.3. The number of carbonyl (C=O) groups is 1. The molecule has 0 radical (unpaired) electrons. The smallest absolute Gasteiger partial charge is 0.237 e. The lowest BCUT2D eigenvalue weighted by Crippen LogP contribution is -2.50. The van der Waals surface area contributed by atoms with Crippen molar-refractivity contribution in [3.8, 4) is 0 Å². The molecular formula is C14H25N5O2S. The predicted octanol–water partition coefficient (Wildman–Crippen LogP) is 0.744. The molecule has 2 N–H and O–H groups in total. The first-order valence-electron chi connectivity index (χ1n) is 7.63. The molecule has 1 aromatic rings. The van der Waals surface area contributed by atoms with Gasteiger partial charge in [-0.25, -0.2) is 4.98 Å². The number of aryl methyl sites for hydroxylation is 1. The van der Waals surface area contributed by atoms with Gasteiger partial charge in [0.15, 0.2) is 5.82 Å². The van der Waals surface area contributed by atoms with Crippen LogP contribution in [0.4, 0.5) is 0 Å². The molecule has 7 nitrogen and oxygen atoms in total. The summed E-state index contributed by atoms with van der Waals surface area (Å²) in [5, 5.41) is 9.99. The van der Waals surface area contributed by atoms with Gasteiger partial charge in [0, 0.05) is 19.6 Å². The van der Waals surface area contributed by atoms with Crippen molar-refractivity contribution in [2.45, 2.75) is 32.4 Å². The third-order valence-electron chi connectivity index (χ3n) is 3.75. The quantitative estimate of drug-likeness (QED) is 0.719. The lowest BCUT2D eigenvalue weighted by atomic mass is 10.2. The number of rotatable bonds is 7. The Bertz CT molecular complexity index is 482. The molecule has 0 spiro atoms. The summed E-state index contributed by atoms with van der Waals surface area (Å²) < 4.78 is 5.73. The maximum atomic E-state index is 12.2. The molecule has 2 atom stereocenters. The highest BCUT2D eigenvalue weighted by atomic mass is 32.2. The van der Waals surface area contributed by atoms with Crippen LogP contribution in [0.5, 0.6) is 0 Å². The van der Waals surface area contributed by atoms with Crippen LogP contribution in [-0.2, 0) is 9.53 Å². The van der Waals surface area contributed by atoms with E-state index in [2.05, 4.69) is 31.7 Å². The summed E-state index contributed by atoms with van der Waals surface area (Å²) in [7, 11) is 0. The van der Waals surface area contributed by atoms with Gasteiger partial charge in [0.1, 0.15) is 11.9 Å². The Morgan fingerprint density at radius 1 is 1.64 bits per heavy atom. The van der Waals surface area contributed by atoms with Crippen LogP contribution >= 0.6 is 11.8 Å². The van der Waals surface area contributed by atoms with Crippen LogP contribution in [0.3, 0.4) is 0 Å². The number of morpholine rings is 1. The molecule has 0 aliphatic carbocycles. The Kier molecular flexibility index (Phi) is 6.66. The Morgan fingerprint density at radius 2 is 2.45 bits per heavy atom. The molecule has 2 heterocycles. The van der Waals surface area contributed by atoms with E-state index in [1.165, 1.54) is 0 Å². The second-order valence-corrected chi connectivity index (χ2v) is 6.43. The van der Waals surface area contributed by atoms with Crippen LogP contribution in [0, 0.1) is 6.92 Å². The monoisotopic (exact) mass is 327 g/mol. The summed E-state index contributed by atoms with van der Waals surface area (Å²) in [6.07, 6.45) is 2.90. The van der Waals surface area contributed by atoms with Crippen LogP contribution in [0.1, 0.15) is 31.1 Å². The number of nitrogens with zero attached hydrogens (tertiary/aromatic N) is 3. The minimum atomic E-state index is -0.176. The third-order valence-corrected chi connectivity index (χ3v) is 4.45. The number of hydrogen-bond donors (Lipinski definition) is 2. The van der Waals surface area contributed by atoms with Gasteiger partial charge in [-0.3, -0.25) is 14.8 Å². The highest BCUT2D eigenvalue weighted by Gasteiger charge is 2.30. The molecule has 1 aliphatic rings. The second kappa shape index (κ2) is 8.50. The largest absolute Gasteiger partial charge is 0.367 e. The van der Waals surface area contributed by atoms with Crippen LogP contribution in [0.25, 0.3) is 0 Å². The molecule has 2 rings (SSSR count). The SMILES string of the molecule is CSCCCNC(=O)[C@@H](C)N1CCO[C@H](c2n[nH]c(C)n2)C1. The van der Waals surface area contributed by atoms with E-state index in [4.69, 9.17) is 4.74 Å². The van der Waals surface area contributed by atoms with Crippen molar-refractivity contribution in [3.05, 3.63) is 11.6 Å². The summed E-state index contributed by atoms with van der Waals surface area (Å²) in [4.78, 5) is 18.7. The van der Waals surface area contributed by atoms with Gasteiger partial charge in [-0.05, 0) is 32.3 Å². The molecule has 0 saturated carbocycles. The standard InChI is InChI=1S/C14H25N5O2S/c1-10(14(20)15-5-4-8-22-3)19-6-7-21-12(9-19)13-16-11(2)17-18-13/h10,12H,4-9H2,1-3H3,(H,15,20)(H,16,17,18)/t10-,12+/m1/s1. The number of aromatic amines is 1. The molecule has 0 bridgehead atoms. The topological polar surface area (TPSA) is 83.1 Å². The average molecular weight is 327 g/mol. The van der Waals surface area contributed by atoms with Crippen molar-refractivity contribution in [2.75, 3.05) is 38.2 Å². The Labute approximate surface area is 135 Å².